The van der Waals surface area contributed by atoms with Crippen LogP contribution < -0.4 is 5.32 Å². The van der Waals surface area contributed by atoms with Gasteiger partial charge in [-0.15, -0.1) is 0 Å². The van der Waals surface area contributed by atoms with Crippen molar-refractivity contribution in [2.24, 2.45) is 0 Å². The van der Waals surface area contributed by atoms with Crippen LogP contribution in [-0.2, 0) is 17.6 Å². The Balaban J connectivity index is 1.72. The maximum Gasteiger partial charge on any atom is 0.318 e. The zero-order valence-corrected chi connectivity index (χ0v) is 19.3. The average molecular weight is 469 g/mol. The maximum atomic E-state index is 13.3. The number of carbonyl (C=O) groups excluding carboxylic acids is 2. The summed E-state index contributed by atoms with van der Waals surface area (Å²) in [7, 11) is 0. The van der Waals surface area contributed by atoms with E-state index in [2.05, 4.69) is 5.32 Å². The number of nitrogens with one attached hydrogen (secondary N) is 1. The quantitative estimate of drug-likeness (QED) is 0.411. The number of non-ortho nitro benzene ring substituents is 1. The Morgan fingerprint density at radius 3 is 2.29 bits per heavy atom. The Labute approximate surface area is 199 Å². The van der Waals surface area contributed by atoms with Crippen LogP contribution in [0, 0.1) is 10.1 Å². The van der Waals surface area contributed by atoms with Crippen molar-refractivity contribution in [3.63, 3.8) is 0 Å². The number of aliphatic hydroxyl groups excluding tert-OH is 1. The largest absolute Gasteiger partial charge is 0.395 e. The van der Waals surface area contributed by atoms with Gasteiger partial charge >= 0.3 is 6.03 Å². The second kappa shape index (κ2) is 12.7. The van der Waals surface area contributed by atoms with Gasteiger partial charge in [0.2, 0.25) is 5.91 Å². The van der Waals surface area contributed by atoms with Gasteiger partial charge in [0, 0.05) is 44.7 Å². The van der Waals surface area contributed by atoms with Crippen LogP contribution >= 0.6 is 0 Å². The Bertz CT molecular complexity index is 946. The van der Waals surface area contributed by atoms with Crippen LogP contribution in [0.5, 0.6) is 0 Å². The first-order valence-electron chi connectivity index (χ1n) is 11.7. The molecular formula is C25H32N4O5. The molecule has 0 saturated carbocycles. The Morgan fingerprint density at radius 2 is 1.68 bits per heavy atom. The highest BCUT2D eigenvalue weighted by Gasteiger charge is 2.29. The van der Waals surface area contributed by atoms with Crippen molar-refractivity contribution in [3.8, 4) is 0 Å². The molecule has 1 saturated heterocycles. The molecule has 1 unspecified atom stereocenters. The van der Waals surface area contributed by atoms with Gasteiger partial charge in [-0.1, -0.05) is 42.5 Å². The lowest BCUT2D eigenvalue weighted by Gasteiger charge is -2.32. The van der Waals surface area contributed by atoms with Crippen molar-refractivity contribution in [1.29, 1.82) is 0 Å². The maximum absolute atomic E-state index is 13.3. The van der Waals surface area contributed by atoms with Gasteiger partial charge in [-0.3, -0.25) is 14.9 Å². The highest BCUT2D eigenvalue weighted by Crippen LogP contribution is 2.16. The molecular weight excluding hydrogens is 436 g/mol. The molecule has 0 spiro atoms. The molecule has 0 aliphatic carbocycles. The highest BCUT2D eigenvalue weighted by atomic mass is 16.6. The number of piperidine rings is 1. The number of nitrogens with zero attached hydrogens (tertiary/aromatic N) is 3. The second-order valence-corrected chi connectivity index (χ2v) is 8.46. The first kappa shape index (κ1) is 25.2. The molecule has 3 amide bonds. The molecule has 0 aromatic heterocycles. The molecule has 34 heavy (non-hydrogen) atoms. The summed E-state index contributed by atoms with van der Waals surface area (Å²) in [4.78, 5) is 40.2. The van der Waals surface area contributed by atoms with Crippen molar-refractivity contribution in [3.05, 3.63) is 75.8 Å². The fraction of sp³-hybridized carbons (Fsp3) is 0.440. The van der Waals surface area contributed by atoms with E-state index in [4.69, 9.17) is 0 Å². The zero-order chi connectivity index (χ0) is 24.3. The van der Waals surface area contributed by atoms with Crippen LogP contribution in [0.3, 0.4) is 0 Å². The number of amides is 3. The number of urea groups is 1. The molecule has 3 rings (SSSR count). The predicted octanol–water partition coefficient (Wildman–Crippen LogP) is 2.77. The van der Waals surface area contributed by atoms with Crippen molar-refractivity contribution in [2.75, 3.05) is 32.8 Å². The molecule has 1 heterocycles. The van der Waals surface area contributed by atoms with Crippen molar-refractivity contribution in [2.45, 2.75) is 38.1 Å². The van der Waals surface area contributed by atoms with Crippen LogP contribution in [0.25, 0.3) is 0 Å². The minimum atomic E-state index is -0.801. The normalized spacial score (nSPS) is 14.3. The second-order valence-electron chi connectivity index (χ2n) is 8.46. The number of carbonyl (C=O) groups is 2. The van der Waals surface area contributed by atoms with Crippen LogP contribution in [0.1, 0.15) is 30.4 Å². The molecule has 9 nitrogen and oxygen atoms in total. The molecule has 2 N–H and O–H groups in total. The third-order valence-corrected chi connectivity index (χ3v) is 6.02. The monoisotopic (exact) mass is 468 g/mol. The van der Waals surface area contributed by atoms with Gasteiger partial charge < -0.3 is 20.2 Å². The van der Waals surface area contributed by atoms with Crippen LogP contribution in [0.15, 0.2) is 54.6 Å². The summed E-state index contributed by atoms with van der Waals surface area (Å²) in [5, 5.41) is 23.3. The number of aliphatic hydroxyl groups is 1. The molecule has 2 aromatic carbocycles. The summed E-state index contributed by atoms with van der Waals surface area (Å²) >= 11 is 0. The summed E-state index contributed by atoms with van der Waals surface area (Å²) < 4.78 is 0. The van der Waals surface area contributed by atoms with Gasteiger partial charge in [-0.25, -0.2) is 4.79 Å². The lowest BCUT2D eigenvalue weighted by molar-refractivity contribution is -0.384. The van der Waals surface area contributed by atoms with E-state index in [1.54, 1.807) is 17.0 Å². The Morgan fingerprint density at radius 1 is 1.00 bits per heavy atom. The number of hydrogen-bond donors (Lipinski definition) is 2. The fourth-order valence-corrected chi connectivity index (χ4v) is 4.11. The average Bonchev–Trinajstić information content (AvgIpc) is 2.87. The standard InChI is InChI=1S/C25H32N4O5/c30-18-17-28(16-13-20-7-3-1-4-8-20)25(32)26-23(24(31)27-14-5-2-6-15-27)19-21-9-11-22(12-10-21)29(33)34/h1,3-4,7-12,23,30H,2,5-6,13-19H2,(H,26,32). The minimum absolute atomic E-state index is 0.0262. The number of hydrogen-bond acceptors (Lipinski definition) is 5. The Hall–Kier alpha value is -3.46. The summed E-state index contributed by atoms with van der Waals surface area (Å²) in [5.41, 5.74) is 1.77. The number of nitro groups is 1. The van der Waals surface area contributed by atoms with Gasteiger partial charge in [0.25, 0.3) is 5.69 Å². The van der Waals surface area contributed by atoms with Gasteiger partial charge in [0.05, 0.1) is 11.5 Å². The topological polar surface area (TPSA) is 116 Å². The molecule has 0 radical (unpaired) electrons. The lowest BCUT2D eigenvalue weighted by Crippen LogP contribution is -2.54. The summed E-state index contributed by atoms with van der Waals surface area (Å²) in [6, 6.07) is 14.6. The summed E-state index contributed by atoms with van der Waals surface area (Å²) in [5.74, 6) is -0.154. The molecule has 0 bridgehead atoms. The van der Waals surface area contributed by atoms with Crippen LogP contribution in [0.4, 0.5) is 10.5 Å². The Kier molecular flexibility index (Phi) is 9.40. The number of likely N-dealkylation sites (tertiary alicyclic amines) is 1. The smallest absolute Gasteiger partial charge is 0.318 e. The van der Waals surface area contributed by atoms with Gasteiger partial charge in [0.15, 0.2) is 0 Å². The number of nitro benzene ring substituents is 1. The SMILES string of the molecule is O=C(NC(Cc1ccc([N+](=O)[O-])cc1)C(=O)N1CCCCC1)N(CCO)CCc1ccccc1. The van der Waals surface area contributed by atoms with Gasteiger partial charge in [-0.05, 0) is 36.8 Å². The van der Waals surface area contributed by atoms with E-state index in [9.17, 15) is 24.8 Å². The third kappa shape index (κ3) is 7.28. The van der Waals surface area contributed by atoms with E-state index < -0.39 is 17.0 Å². The van der Waals surface area contributed by atoms with Gasteiger partial charge in [0.1, 0.15) is 6.04 Å². The van der Waals surface area contributed by atoms with E-state index in [1.807, 2.05) is 30.3 Å². The molecule has 1 atom stereocenters. The number of rotatable bonds is 10. The van der Waals surface area contributed by atoms with Crippen molar-refractivity contribution in [1.82, 2.24) is 15.1 Å². The van der Waals surface area contributed by atoms with E-state index in [1.165, 1.54) is 17.0 Å². The van der Waals surface area contributed by atoms with Crippen LogP contribution in [0.2, 0.25) is 0 Å². The fourth-order valence-electron chi connectivity index (χ4n) is 4.11. The van der Waals surface area contributed by atoms with Crippen molar-refractivity contribution < 1.29 is 19.6 Å². The number of benzene rings is 2. The van der Waals surface area contributed by atoms with E-state index >= 15 is 0 Å². The molecule has 1 aliphatic rings. The van der Waals surface area contributed by atoms with E-state index in [0.29, 0.717) is 26.1 Å². The molecule has 2 aromatic rings. The van der Waals surface area contributed by atoms with Crippen molar-refractivity contribution >= 4 is 17.6 Å². The molecule has 1 aliphatic heterocycles. The van der Waals surface area contributed by atoms with Crippen LogP contribution in [-0.4, -0.2) is 70.6 Å². The third-order valence-electron chi connectivity index (χ3n) is 6.02. The first-order valence-corrected chi connectivity index (χ1v) is 11.7. The minimum Gasteiger partial charge on any atom is -0.395 e. The van der Waals surface area contributed by atoms with E-state index in [-0.39, 0.29) is 31.2 Å². The van der Waals surface area contributed by atoms with E-state index in [0.717, 1.165) is 30.4 Å². The first-order chi connectivity index (χ1) is 16.5. The molecule has 1 fully saturated rings. The lowest BCUT2D eigenvalue weighted by atomic mass is 10.0. The van der Waals surface area contributed by atoms with Gasteiger partial charge in [-0.2, -0.15) is 0 Å². The summed E-state index contributed by atoms with van der Waals surface area (Å²) in [6.07, 6.45) is 3.79. The molecule has 9 heteroatoms. The molecule has 182 valence electrons. The predicted molar refractivity (Wildman–Crippen MR) is 128 cm³/mol. The zero-order valence-electron chi connectivity index (χ0n) is 19.3. The highest BCUT2D eigenvalue weighted by molar-refractivity contribution is 5.87. The summed E-state index contributed by atoms with van der Waals surface area (Å²) in [6.45, 7) is 1.67.